The van der Waals surface area contributed by atoms with Crippen molar-refractivity contribution in [1.29, 1.82) is 0 Å². The second-order valence-electron chi connectivity index (χ2n) is 5.19. The van der Waals surface area contributed by atoms with Crippen LogP contribution in [-0.2, 0) is 14.3 Å². The SMILES string of the molecule is CN(C(=O)COC1(C)CNC1)C1CCOCC1. The van der Waals surface area contributed by atoms with E-state index in [2.05, 4.69) is 5.32 Å². The first kappa shape index (κ1) is 12.8. The molecular formula is C12H22N2O3. The van der Waals surface area contributed by atoms with Crippen LogP contribution in [0.5, 0.6) is 0 Å². The molecule has 1 N–H and O–H groups in total. The number of hydrogen-bond donors (Lipinski definition) is 1. The van der Waals surface area contributed by atoms with Crippen molar-refractivity contribution in [1.82, 2.24) is 10.2 Å². The van der Waals surface area contributed by atoms with E-state index in [0.717, 1.165) is 39.1 Å². The molecule has 5 nitrogen and oxygen atoms in total. The summed E-state index contributed by atoms with van der Waals surface area (Å²) in [5.74, 6) is 0.0741. The molecule has 0 unspecified atom stereocenters. The number of nitrogens with one attached hydrogen (secondary N) is 1. The predicted molar refractivity (Wildman–Crippen MR) is 63.8 cm³/mol. The quantitative estimate of drug-likeness (QED) is 0.754. The monoisotopic (exact) mass is 242 g/mol. The molecule has 2 aliphatic heterocycles. The smallest absolute Gasteiger partial charge is 0.248 e. The maximum absolute atomic E-state index is 12.0. The minimum absolute atomic E-state index is 0.0741. The van der Waals surface area contributed by atoms with Crippen LogP contribution in [0.15, 0.2) is 0 Å². The summed E-state index contributed by atoms with van der Waals surface area (Å²) < 4.78 is 10.9. The second-order valence-corrected chi connectivity index (χ2v) is 5.19. The van der Waals surface area contributed by atoms with E-state index in [1.807, 2.05) is 18.9 Å². The summed E-state index contributed by atoms with van der Waals surface area (Å²) >= 11 is 0. The molecule has 0 saturated carbocycles. The van der Waals surface area contributed by atoms with Gasteiger partial charge in [-0.05, 0) is 19.8 Å². The molecule has 0 aromatic heterocycles. The Bertz CT molecular complexity index is 273. The summed E-state index contributed by atoms with van der Waals surface area (Å²) in [4.78, 5) is 13.8. The number of rotatable bonds is 4. The third kappa shape index (κ3) is 3.18. The number of carbonyl (C=O) groups is 1. The second kappa shape index (κ2) is 5.33. The van der Waals surface area contributed by atoms with Crippen molar-refractivity contribution in [3.63, 3.8) is 0 Å². The summed E-state index contributed by atoms with van der Waals surface area (Å²) in [6.07, 6.45) is 1.86. The highest BCUT2D eigenvalue weighted by molar-refractivity contribution is 5.77. The van der Waals surface area contributed by atoms with Crippen LogP contribution in [0, 0.1) is 0 Å². The lowest BCUT2D eigenvalue weighted by molar-refractivity contribution is -0.148. The Morgan fingerprint density at radius 1 is 1.47 bits per heavy atom. The highest BCUT2D eigenvalue weighted by atomic mass is 16.5. The minimum atomic E-state index is -0.147. The van der Waals surface area contributed by atoms with Gasteiger partial charge in [0.2, 0.25) is 5.91 Å². The Balaban J connectivity index is 1.74. The van der Waals surface area contributed by atoms with Gasteiger partial charge in [-0.25, -0.2) is 0 Å². The summed E-state index contributed by atoms with van der Waals surface area (Å²) in [5, 5.41) is 3.15. The fourth-order valence-electron chi connectivity index (χ4n) is 2.19. The van der Waals surface area contributed by atoms with Gasteiger partial charge in [0.05, 0.1) is 5.60 Å². The van der Waals surface area contributed by atoms with E-state index in [-0.39, 0.29) is 18.1 Å². The van der Waals surface area contributed by atoms with Gasteiger partial charge in [-0.3, -0.25) is 4.79 Å². The highest BCUT2D eigenvalue weighted by Gasteiger charge is 2.34. The summed E-state index contributed by atoms with van der Waals surface area (Å²) in [6.45, 7) is 5.40. The van der Waals surface area contributed by atoms with Crippen LogP contribution in [0.4, 0.5) is 0 Å². The molecule has 0 bridgehead atoms. The van der Waals surface area contributed by atoms with Crippen molar-refractivity contribution in [3.8, 4) is 0 Å². The van der Waals surface area contributed by atoms with Crippen molar-refractivity contribution >= 4 is 5.91 Å². The Labute approximate surface area is 102 Å². The molecule has 0 atom stereocenters. The zero-order valence-corrected chi connectivity index (χ0v) is 10.7. The molecule has 2 heterocycles. The fraction of sp³-hybridized carbons (Fsp3) is 0.917. The Kier molecular flexibility index (Phi) is 4.01. The van der Waals surface area contributed by atoms with Gasteiger partial charge in [-0.1, -0.05) is 0 Å². The van der Waals surface area contributed by atoms with E-state index < -0.39 is 0 Å². The van der Waals surface area contributed by atoms with Gasteiger partial charge in [-0.15, -0.1) is 0 Å². The van der Waals surface area contributed by atoms with Crippen molar-refractivity contribution in [3.05, 3.63) is 0 Å². The predicted octanol–water partition coefficient (Wildman–Crippen LogP) is 0.00230. The first-order chi connectivity index (χ1) is 8.11. The molecule has 17 heavy (non-hydrogen) atoms. The van der Waals surface area contributed by atoms with Gasteiger partial charge >= 0.3 is 0 Å². The van der Waals surface area contributed by atoms with Crippen LogP contribution in [0.1, 0.15) is 19.8 Å². The van der Waals surface area contributed by atoms with Crippen LogP contribution < -0.4 is 5.32 Å². The standard InChI is InChI=1S/C12H22N2O3/c1-12(8-13-9-12)17-7-11(15)14(2)10-3-5-16-6-4-10/h10,13H,3-9H2,1-2H3. The van der Waals surface area contributed by atoms with Gasteiger partial charge in [0.15, 0.2) is 0 Å². The maximum atomic E-state index is 12.0. The average Bonchev–Trinajstić information content (AvgIpc) is 2.33. The lowest BCUT2D eigenvalue weighted by Gasteiger charge is -2.39. The van der Waals surface area contributed by atoms with E-state index in [4.69, 9.17) is 9.47 Å². The summed E-state index contributed by atoms with van der Waals surface area (Å²) in [5.41, 5.74) is -0.147. The van der Waals surface area contributed by atoms with Gasteiger partial charge < -0.3 is 19.7 Å². The maximum Gasteiger partial charge on any atom is 0.248 e. The fourth-order valence-corrected chi connectivity index (χ4v) is 2.19. The molecule has 2 fully saturated rings. The van der Waals surface area contributed by atoms with Gasteiger partial charge in [0, 0.05) is 39.4 Å². The topological polar surface area (TPSA) is 50.8 Å². The Morgan fingerprint density at radius 2 is 2.12 bits per heavy atom. The molecule has 5 heteroatoms. The number of nitrogens with zero attached hydrogens (tertiary/aromatic N) is 1. The third-order valence-corrected chi connectivity index (χ3v) is 3.67. The highest BCUT2D eigenvalue weighted by Crippen LogP contribution is 2.17. The van der Waals surface area contributed by atoms with E-state index in [1.165, 1.54) is 0 Å². The van der Waals surface area contributed by atoms with Crippen LogP contribution in [0.3, 0.4) is 0 Å². The molecule has 98 valence electrons. The van der Waals surface area contributed by atoms with Crippen molar-refractivity contribution in [2.75, 3.05) is 40.0 Å². The first-order valence-electron chi connectivity index (χ1n) is 6.29. The minimum Gasteiger partial charge on any atom is -0.381 e. The van der Waals surface area contributed by atoms with Gasteiger partial charge in [-0.2, -0.15) is 0 Å². The molecular weight excluding hydrogens is 220 g/mol. The van der Waals surface area contributed by atoms with E-state index in [1.54, 1.807) is 0 Å². The van der Waals surface area contributed by atoms with Gasteiger partial charge in [0.25, 0.3) is 0 Å². The number of amides is 1. The van der Waals surface area contributed by atoms with E-state index in [9.17, 15) is 4.79 Å². The Hall–Kier alpha value is -0.650. The Morgan fingerprint density at radius 3 is 2.65 bits per heavy atom. The van der Waals surface area contributed by atoms with Crippen LogP contribution in [0.2, 0.25) is 0 Å². The first-order valence-corrected chi connectivity index (χ1v) is 6.29. The van der Waals surface area contributed by atoms with E-state index >= 15 is 0 Å². The molecule has 2 saturated heterocycles. The molecule has 1 amide bonds. The molecule has 0 spiro atoms. The molecule has 2 aliphatic rings. The van der Waals surface area contributed by atoms with Crippen molar-refractivity contribution in [2.45, 2.75) is 31.4 Å². The molecule has 0 radical (unpaired) electrons. The number of carbonyl (C=O) groups excluding carboxylic acids is 1. The van der Waals surface area contributed by atoms with Crippen molar-refractivity contribution in [2.24, 2.45) is 0 Å². The number of ether oxygens (including phenoxy) is 2. The number of likely N-dealkylation sites (N-methyl/N-ethyl adjacent to an activating group) is 1. The normalized spacial score (nSPS) is 24.1. The third-order valence-electron chi connectivity index (χ3n) is 3.67. The zero-order chi connectivity index (χ0) is 12.3. The molecule has 0 aromatic rings. The lowest BCUT2D eigenvalue weighted by Crippen LogP contribution is -2.59. The largest absolute Gasteiger partial charge is 0.381 e. The number of hydrogen-bond acceptors (Lipinski definition) is 4. The van der Waals surface area contributed by atoms with E-state index in [0.29, 0.717) is 6.04 Å². The average molecular weight is 242 g/mol. The summed E-state index contributed by atoms with van der Waals surface area (Å²) in [6, 6.07) is 0.312. The zero-order valence-electron chi connectivity index (χ0n) is 10.7. The molecule has 0 aromatic carbocycles. The van der Waals surface area contributed by atoms with Crippen LogP contribution in [-0.4, -0.2) is 62.4 Å². The molecule has 2 rings (SSSR count). The van der Waals surface area contributed by atoms with Crippen molar-refractivity contribution < 1.29 is 14.3 Å². The van der Waals surface area contributed by atoms with Crippen LogP contribution in [0.25, 0.3) is 0 Å². The van der Waals surface area contributed by atoms with Gasteiger partial charge in [0.1, 0.15) is 6.61 Å². The lowest BCUT2D eigenvalue weighted by atomic mass is 10.0. The molecule has 0 aliphatic carbocycles. The van der Waals surface area contributed by atoms with Crippen LogP contribution >= 0.6 is 0 Å². The summed E-state index contributed by atoms with van der Waals surface area (Å²) in [7, 11) is 1.86.